The van der Waals surface area contributed by atoms with Crippen molar-refractivity contribution in [2.75, 3.05) is 39.7 Å². The Bertz CT molecular complexity index is 874. The van der Waals surface area contributed by atoms with Crippen molar-refractivity contribution in [3.63, 3.8) is 0 Å². The van der Waals surface area contributed by atoms with Gasteiger partial charge in [0.2, 0.25) is 0 Å². The molecule has 0 aromatic heterocycles. The monoisotopic (exact) mass is 398 g/mol. The van der Waals surface area contributed by atoms with Crippen LogP contribution in [0.3, 0.4) is 0 Å². The molecule has 7 nitrogen and oxygen atoms in total. The first-order valence-electron chi connectivity index (χ1n) is 9.58. The fraction of sp³-hybridized carbons (Fsp3) is 0.364. The molecule has 2 amide bonds. The third-order valence-electron chi connectivity index (χ3n) is 4.98. The van der Waals surface area contributed by atoms with Crippen LogP contribution in [0.5, 0.6) is 17.2 Å². The van der Waals surface area contributed by atoms with Crippen LogP contribution in [0.1, 0.15) is 40.0 Å². The molecule has 3 rings (SSSR count). The first-order chi connectivity index (χ1) is 14.1. The second kappa shape index (κ2) is 9.32. The van der Waals surface area contributed by atoms with E-state index >= 15 is 0 Å². The van der Waals surface area contributed by atoms with E-state index in [1.165, 1.54) is 27.8 Å². The van der Waals surface area contributed by atoms with Gasteiger partial charge in [0.1, 0.15) is 5.75 Å². The maximum absolute atomic E-state index is 12.8. The lowest BCUT2D eigenvalue weighted by Gasteiger charge is -2.26. The molecule has 0 aliphatic carbocycles. The van der Waals surface area contributed by atoms with Gasteiger partial charge >= 0.3 is 0 Å². The summed E-state index contributed by atoms with van der Waals surface area (Å²) >= 11 is 0. The molecule has 2 aromatic carbocycles. The van der Waals surface area contributed by atoms with E-state index in [1.807, 2.05) is 4.90 Å². The Kier molecular flexibility index (Phi) is 6.59. The molecule has 0 spiro atoms. The standard InChI is InChI=1S/C22H26N2O5/c1-27-18-14-20(29-3)19(28-2)13-17(18)21(25)23-16-9-7-15(8-10-16)22(26)24-11-5-4-6-12-24/h7-10,13-14H,4-6,11-12H2,1-3H3,(H,23,25). The van der Waals surface area contributed by atoms with Gasteiger partial charge in [-0.15, -0.1) is 0 Å². The van der Waals surface area contributed by atoms with Gasteiger partial charge in [0, 0.05) is 36.5 Å². The van der Waals surface area contributed by atoms with Crippen LogP contribution in [-0.2, 0) is 0 Å². The predicted molar refractivity (Wildman–Crippen MR) is 110 cm³/mol. The number of nitrogens with one attached hydrogen (secondary N) is 1. The van der Waals surface area contributed by atoms with E-state index in [2.05, 4.69) is 5.32 Å². The molecule has 0 saturated carbocycles. The molecule has 0 unspecified atom stereocenters. The van der Waals surface area contributed by atoms with Gasteiger partial charge in [-0.05, 0) is 43.5 Å². The number of rotatable bonds is 6. The second-order valence-corrected chi connectivity index (χ2v) is 6.79. The van der Waals surface area contributed by atoms with Crippen LogP contribution in [0.2, 0.25) is 0 Å². The number of benzene rings is 2. The van der Waals surface area contributed by atoms with Gasteiger partial charge in [-0.3, -0.25) is 9.59 Å². The van der Waals surface area contributed by atoms with Gasteiger partial charge in [0.15, 0.2) is 11.5 Å². The molecule has 1 heterocycles. The van der Waals surface area contributed by atoms with E-state index in [0.717, 1.165) is 25.9 Å². The van der Waals surface area contributed by atoms with Gasteiger partial charge in [-0.1, -0.05) is 0 Å². The summed E-state index contributed by atoms with van der Waals surface area (Å²) in [5.74, 6) is 0.960. The van der Waals surface area contributed by atoms with Gasteiger partial charge < -0.3 is 24.4 Å². The maximum atomic E-state index is 12.8. The molecular formula is C22H26N2O5. The van der Waals surface area contributed by atoms with Crippen molar-refractivity contribution in [3.8, 4) is 17.2 Å². The molecule has 1 saturated heterocycles. The van der Waals surface area contributed by atoms with Crippen LogP contribution in [-0.4, -0.2) is 51.1 Å². The lowest BCUT2D eigenvalue weighted by molar-refractivity contribution is 0.0724. The van der Waals surface area contributed by atoms with Crippen molar-refractivity contribution in [2.24, 2.45) is 0 Å². The number of nitrogens with zero attached hydrogens (tertiary/aromatic N) is 1. The van der Waals surface area contributed by atoms with Gasteiger partial charge in [0.05, 0.1) is 26.9 Å². The van der Waals surface area contributed by atoms with Crippen LogP contribution < -0.4 is 19.5 Å². The summed E-state index contributed by atoms with van der Waals surface area (Å²) in [4.78, 5) is 27.2. The van der Waals surface area contributed by atoms with Crippen molar-refractivity contribution in [1.29, 1.82) is 0 Å². The highest BCUT2D eigenvalue weighted by atomic mass is 16.5. The van der Waals surface area contributed by atoms with Gasteiger partial charge in [-0.25, -0.2) is 0 Å². The zero-order valence-corrected chi connectivity index (χ0v) is 17.0. The van der Waals surface area contributed by atoms with Crippen molar-refractivity contribution >= 4 is 17.5 Å². The summed E-state index contributed by atoms with van der Waals surface area (Å²) < 4.78 is 15.8. The lowest BCUT2D eigenvalue weighted by atomic mass is 10.1. The Morgan fingerprint density at radius 1 is 0.828 bits per heavy atom. The number of likely N-dealkylation sites (tertiary alicyclic amines) is 1. The summed E-state index contributed by atoms with van der Waals surface area (Å²) in [5, 5.41) is 2.83. The molecule has 154 valence electrons. The molecule has 1 N–H and O–H groups in total. The van der Waals surface area contributed by atoms with E-state index in [9.17, 15) is 9.59 Å². The van der Waals surface area contributed by atoms with Crippen molar-refractivity contribution < 1.29 is 23.8 Å². The molecule has 29 heavy (non-hydrogen) atoms. The fourth-order valence-electron chi connectivity index (χ4n) is 3.38. The number of amides is 2. The Labute approximate surface area is 170 Å². The quantitative estimate of drug-likeness (QED) is 0.805. The van der Waals surface area contributed by atoms with E-state index in [-0.39, 0.29) is 11.8 Å². The summed E-state index contributed by atoms with van der Waals surface area (Å²) in [7, 11) is 4.51. The first-order valence-corrected chi connectivity index (χ1v) is 9.58. The number of hydrogen-bond acceptors (Lipinski definition) is 5. The molecular weight excluding hydrogens is 372 g/mol. The molecule has 0 bridgehead atoms. The SMILES string of the molecule is COc1cc(OC)c(C(=O)Nc2ccc(C(=O)N3CCCCC3)cc2)cc1OC. The largest absolute Gasteiger partial charge is 0.496 e. The Morgan fingerprint density at radius 3 is 2.00 bits per heavy atom. The van der Waals surface area contributed by atoms with Crippen LogP contribution in [0.4, 0.5) is 5.69 Å². The van der Waals surface area contributed by atoms with Crippen LogP contribution in [0.15, 0.2) is 36.4 Å². The van der Waals surface area contributed by atoms with Gasteiger partial charge in [-0.2, -0.15) is 0 Å². The first kappa shape index (κ1) is 20.5. The Balaban J connectivity index is 1.74. The normalized spacial score (nSPS) is 13.6. The molecule has 0 atom stereocenters. The van der Waals surface area contributed by atoms with E-state index in [1.54, 1.807) is 36.4 Å². The van der Waals surface area contributed by atoms with Crippen LogP contribution in [0, 0.1) is 0 Å². The summed E-state index contributed by atoms with van der Waals surface area (Å²) in [6, 6.07) is 10.1. The van der Waals surface area contributed by atoms with E-state index in [4.69, 9.17) is 14.2 Å². The van der Waals surface area contributed by atoms with Crippen molar-refractivity contribution in [3.05, 3.63) is 47.5 Å². The number of carbonyl (C=O) groups excluding carboxylic acids is 2. The number of methoxy groups -OCH3 is 3. The maximum Gasteiger partial charge on any atom is 0.259 e. The number of carbonyl (C=O) groups is 2. The minimum absolute atomic E-state index is 0.0316. The highest BCUT2D eigenvalue weighted by molar-refractivity contribution is 6.07. The van der Waals surface area contributed by atoms with Gasteiger partial charge in [0.25, 0.3) is 11.8 Å². The molecule has 2 aromatic rings. The van der Waals surface area contributed by atoms with Crippen LogP contribution >= 0.6 is 0 Å². The lowest BCUT2D eigenvalue weighted by Crippen LogP contribution is -2.35. The summed E-state index contributed by atoms with van der Waals surface area (Å²) in [5.41, 5.74) is 1.52. The van der Waals surface area contributed by atoms with Crippen molar-refractivity contribution in [2.45, 2.75) is 19.3 Å². The second-order valence-electron chi connectivity index (χ2n) is 6.79. The highest BCUT2D eigenvalue weighted by Crippen LogP contribution is 2.35. The molecule has 1 fully saturated rings. The minimum Gasteiger partial charge on any atom is -0.496 e. The van der Waals surface area contributed by atoms with E-state index < -0.39 is 0 Å². The third-order valence-corrected chi connectivity index (χ3v) is 4.98. The number of piperidine rings is 1. The predicted octanol–water partition coefficient (Wildman–Crippen LogP) is 3.59. The number of anilines is 1. The average molecular weight is 398 g/mol. The average Bonchev–Trinajstić information content (AvgIpc) is 2.78. The Hall–Kier alpha value is -3.22. The topological polar surface area (TPSA) is 77.1 Å². The van der Waals surface area contributed by atoms with Crippen molar-refractivity contribution in [1.82, 2.24) is 4.90 Å². The minimum atomic E-state index is -0.349. The number of ether oxygens (including phenoxy) is 3. The Morgan fingerprint density at radius 2 is 1.41 bits per heavy atom. The zero-order valence-electron chi connectivity index (χ0n) is 17.0. The third kappa shape index (κ3) is 4.62. The smallest absolute Gasteiger partial charge is 0.259 e. The molecule has 7 heteroatoms. The molecule has 1 aliphatic heterocycles. The van der Waals surface area contributed by atoms with E-state index in [0.29, 0.717) is 34.1 Å². The molecule has 1 aliphatic rings. The fourth-order valence-corrected chi connectivity index (χ4v) is 3.38. The summed E-state index contributed by atoms with van der Waals surface area (Å²) in [6.45, 7) is 1.60. The summed E-state index contributed by atoms with van der Waals surface area (Å²) in [6.07, 6.45) is 3.27. The molecule has 0 radical (unpaired) electrons. The highest BCUT2D eigenvalue weighted by Gasteiger charge is 2.20. The zero-order chi connectivity index (χ0) is 20.8. The number of hydrogen-bond donors (Lipinski definition) is 1. The van der Waals surface area contributed by atoms with Crippen LogP contribution in [0.25, 0.3) is 0 Å².